The molecule has 0 fully saturated rings. The van der Waals surface area contributed by atoms with Gasteiger partial charge in [-0.1, -0.05) is 17.8 Å². The van der Waals surface area contributed by atoms with Crippen LogP contribution >= 0.6 is 23.1 Å². The zero-order valence-electron chi connectivity index (χ0n) is 16.1. The lowest BCUT2D eigenvalue weighted by Crippen LogP contribution is -2.14. The van der Waals surface area contributed by atoms with E-state index < -0.39 is 11.7 Å². The number of amides is 1. The van der Waals surface area contributed by atoms with E-state index in [1.807, 2.05) is 13.0 Å². The van der Waals surface area contributed by atoms with Crippen LogP contribution in [0.2, 0.25) is 0 Å². The van der Waals surface area contributed by atoms with Crippen LogP contribution in [0.15, 0.2) is 40.9 Å². The Bertz CT molecular complexity index is 1100. The van der Waals surface area contributed by atoms with Gasteiger partial charge in [0, 0.05) is 6.54 Å². The molecule has 3 rings (SSSR count). The van der Waals surface area contributed by atoms with Gasteiger partial charge in [0.15, 0.2) is 11.0 Å². The van der Waals surface area contributed by atoms with Gasteiger partial charge in [0.2, 0.25) is 5.91 Å². The first kappa shape index (κ1) is 22.6. The first-order valence-electron chi connectivity index (χ1n) is 8.94. The number of anilines is 1. The van der Waals surface area contributed by atoms with Crippen molar-refractivity contribution in [3.05, 3.63) is 52.7 Å². The lowest BCUT2D eigenvalue weighted by Gasteiger charge is -2.11. The number of thioether (sulfide) groups is 1. The van der Waals surface area contributed by atoms with Crippen molar-refractivity contribution in [2.75, 3.05) is 11.1 Å². The quantitative estimate of drug-likeness (QED) is 0.488. The monoisotopic (exact) mass is 467 g/mol. The molecule has 0 aliphatic carbocycles. The third-order valence-electron chi connectivity index (χ3n) is 4.01. The normalized spacial score (nSPS) is 11.2. The highest BCUT2D eigenvalue weighted by Gasteiger charge is 2.30. The molecule has 1 aromatic carbocycles. The van der Waals surface area contributed by atoms with Gasteiger partial charge >= 0.3 is 6.18 Å². The molecule has 0 aliphatic rings. The van der Waals surface area contributed by atoms with Gasteiger partial charge in [-0.15, -0.1) is 21.5 Å². The van der Waals surface area contributed by atoms with E-state index in [-0.39, 0.29) is 24.0 Å². The number of carbonyl (C=O) groups excluding carboxylic acids is 1. The minimum Gasteiger partial charge on any atom is -0.486 e. The average molecular weight is 467 g/mol. The van der Waals surface area contributed by atoms with Crippen molar-refractivity contribution in [2.24, 2.45) is 0 Å². The van der Waals surface area contributed by atoms with Crippen LogP contribution in [0.1, 0.15) is 23.9 Å². The molecule has 0 unspecified atom stereocenters. The summed E-state index contributed by atoms with van der Waals surface area (Å²) < 4.78 is 45.7. The van der Waals surface area contributed by atoms with Crippen molar-refractivity contribution in [1.82, 2.24) is 14.8 Å². The molecule has 162 valence electrons. The average Bonchev–Trinajstić information content (AvgIpc) is 3.36. The number of alkyl halides is 3. The predicted octanol–water partition coefficient (Wildman–Crippen LogP) is 4.56. The highest BCUT2D eigenvalue weighted by molar-refractivity contribution is 7.99. The van der Waals surface area contributed by atoms with Crippen LogP contribution in [0.5, 0.6) is 5.75 Å². The summed E-state index contributed by atoms with van der Waals surface area (Å²) in [5.74, 6) is 0.248. The van der Waals surface area contributed by atoms with E-state index in [4.69, 9.17) is 10.00 Å². The SMILES string of the molecule is CCn1c(COc2cccc(C(F)(F)F)c2)nnc1SCC(=O)Nc1sccc1C#N. The van der Waals surface area contributed by atoms with Crippen molar-refractivity contribution in [2.45, 2.75) is 31.4 Å². The number of nitrogens with zero attached hydrogens (tertiary/aromatic N) is 4. The third kappa shape index (κ3) is 5.77. The number of hydrogen-bond acceptors (Lipinski definition) is 7. The van der Waals surface area contributed by atoms with Crippen LogP contribution in [0.25, 0.3) is 0 Å². The predicted molar refractivity (Wildman–Crippen MR) is 110 cm³/mol. The molecule has 0 aliphatic heterocycles. The van der Waals surface area contributed by atoms with Gasteiger partial charge < -0.3 is 14.6 Å². The fourth-order valence-corrected chi connectivity index (χ4v) is 4.12. The summed E-state index contributed by atoms with van der Waals surface area (Å²) in [7, 11) is 0. The Morgan fingerprint density at radius 1 is 1.35 bits per heavy atom. The summed E-state index contributed by atoms with van der Waals surface area (Å²) in [6.45, 7) is 2.27. The zero-order valence-corrected chi connectivity index (χ0v) is 17.8. The fourth-order valence-electron chi connectivity index (χ4n) is 2.55. The van der Waals surface area contributed by atoms with E-state index in [2.05, 4.69) is 15.5 Å². The molecule has 1 N–H and O–H groups in total. The number of halogens is 3. The molecule has 12 heteroatoms. The Hall–Kier alpha value is -3.04. The van der Waals surface area contributed by atoms with Crippen molar-refractivity contribution in [3.8, 4) is 11.8 Å². The fraction of sp³-hybridized carbons (Fsp3) is 0.263. The summed E-state index contributed by atoms with van der Waals surface area (Å²) >= 11 is 2.42. The van der Waals surface area contributed by atoms with Crippen LogP contribution in [0, 0.1) is 11.3 Å². The highest BCUT2D eigenvalue weighted by atomic mass is 32.2. The molecular weight excluding hydrogens is 451 g/mol. The van der Waals surface area contributed by atoms with Crippen LogP contribution in [-0.4, -0.2) is 26.4 Å². The topological polar surface area (TPSA) is 92.8 Å². The summed E-state index contributed by atoms with van der Waals surface area (Å²) in [6, 6.07) is 8.22. The van der Waals surface area contributed by atoms with Gasteiger partial charge in [0.1, 0.15) is 23.4 Å². The van der Waals surface area contributed by atoms with Crippen molar-refractivity contribution < 1.29 is 22.7 Å². The van der Waals surface area contributed by atoms with E-state index >= 15 is 0 Å². The minimum atomic E-state index is -4.45. The van der Waals surface area contributed by atoms with E-state index in [1.165, 1.54) is 23.5 Å². The Kier molecular flexibility index (Phi) is 7.19. The van der Waals surface area contributed by atoms with Gasteiger partial charge in [0.05, 0.1) is 16.9 Å². The molecule has 0 radical (unpaired) electrons. The number of nitriles is 1. The van der Waals surface area contributed by atoms with Crippen LogP contribution in [0.3, 0.4) is 0 Å². The molecular formula is C19H16F3N5O2S2. The second-order valence-corrected chi connectivity index (χ2v) is 7.93. The molecule has 2 aromatic heterocycles. The maximum atomic E-state index is 12.8. The first-order valence-corrected chi connectivity index (χ1v) is 10.8. The van der Waals surface area contributed by atoms with Crippen molar-refractivity contribution in [1.29, 1.82) is 5.26 Å². The maximum absolute atomic E-state index is 12.8. The highest BCUT2D eigenvalue weighted by Crippen LogP contribution is 2.31. The van der Waals surface area contributed by atoms with Gasteiger partial charge in [-0.25, -0.2) is 0 Å². The summed E-state index contributed by atoms with van der Waals surface area (Å²) in [5, 5.41) is 22.4. The largest absolute Gasteiger partial charge is 0.486 e. The lowest BCUT2D eigenvalue weighted by molar-refractivity contribution is -0.137. The Labute approximate surface area is 183 Å². The number of nitrogens with one attached hydrogen (secondary N) is 1. The molecule has 7 nitrogen and oxygen atoms in total. The molecule has 0 atom stereocenters. The molecule has 2 heterocycles. The van der Waals surface area contributed by atoms with E-state index in [0.717, 1.165) is 23.9 Å². The molecule has 0 saturated carbocycles. The van der Waals surface area contributed by atoms with Crippen LogP contribution in [0.4, 0.5) is 18.2 Å². The minimum absolute atomic E-state index is 0.0510. The second-order valence-electron chi connectivity index (χ2n) is 6.07. The number of rotatable bonds is 8. The maximum Gasteiger partial charge on any atom is 0.416 e. The van der Waals surface area contributed by atoms with Gasteiger partial charge in [-0.2, -0.15) is 18.4 Å². The Morgan fingerprint density at radius 3 is 2.87 bits per heavy atom. The van der Waals surface area contributed by atoms with Gasteiger partial charge in [-0.05, 0) is 36.6 Å². The van der Waals surface area contributed by atoms with Crippen molar-refractivity contribution >= 4 is 34.0 Å². The van der Waals surface area contributed by atoms with Crippen LogP contribution in [-0.2, 0) is 24.1 Å². The standard InChI is InChI=1S/C19H16F3N5O2S2/c1-2-27-15(10-29-14-5-3-4-13(8-14)19(20,21)22)25-26-18(27)31-11-16(28)24-17-12(9-23)6-7-30-17/h3-8H,2,10-11H2,1H3,(H,24,28). The van der Waals surface area contributed by atoms with Gasteiger partial charge in [-0.3, -0.25) is 4.79 Å². The van der Waals surface area contributed by atoms with Crippen LogP contribution < -0.4 is 10.1 Å². The van der Waals surface area contributed by atoms with Crippen molar-refractivity contribution in [3.63, 3.8) is 0 Å². The molecule has 0 spiro atoms. The van der Waals surface area contributed by atoms with E-state index in [9.17, 15) is 18.0 Å². The number of ether oxygens (including phenoxy) is 1. The number of benzene rings is 1. The zero-order chi connectivity index (χ0) is 22.4. The summed E-state index contributed by atoms with van der Waals surface area (Å²) in [5.41, 5.74) is -0.399. The first-order chi connectivity index (χ1) is 14.8. The number of carbonyl (C=O) groups is 1. The molecule has 0 bridgehead atoms. The smallest absolute Gasteiger partial charge is 0.416 e. The summed E-state index contributed by atoms with van der Waals surface area (Å²) in [6.07, 6.45) is -4.45. The third-order valence-corrected chi connectivity index (χ3v) is 5.81. The van der Waals surface area contributed by atoms with E-state index in [0.29, 0.717) is 28.1 Å². The molecule has 3 aromatic rings. The van der Waals surface area contributed by atoms with E-state index in [1.54, 1.807) is 16.0 Å². The number of aromatic nitrogens is 3. The number of hydrogen-bond donors (Lipinski definition) is 1. The lowest BCUT2D eigenvalue weighted by atomic mass is 10.2. The summed E-state index contributed by atoms with van der Waals surface area (Å²) in [4.78, 5) is 12.2. The molecule has 31 heavy (non-hydrogen) atoms. The Morgan fingerprint density at radius 2 is 2.16 bits per heavy atom. The number of thiophene rings is 1. The Balaban J connectivity index is 1.60. The van der Waals surface area contributed by atoms with Gasteiger partial charge in [0.25, 0.3) is 0 Å². The molecule has 0 saturated heterocycles. The second kappa shape index (κ2) is 9.84. The molecule has 1 amide bonds.